The summed E-state index contributed by atoms with van der Waals surface area (Å²) in [4.78, 5) is 182. The Labute approximate surface area is 720 Å². The second-order valence-corrected chi connectivity index (χ2v) is 36.9. The number of likely N-dealkylation sites (tertiary alicyclic amines) is 3. The van der Waals surface area contributed by atoms with Gasteiger partial charge >= 0.3 is 0 Å². The summed E-state index contributed by atoms with van der Waals surface area (Å²) in [6.45, 7) is 2.00. The summed E-state index contributed by atoms with van der Waals surface area (Å²) in [6, 6.07) is 20.7. The first kappa shape index (κ1) is 87.7. The molecule has 0 aromatic heterocycles. The van der Waals surface area contributed by atoms with Gasteiger partial charge < -0.3 is 76.8 Å². The quantitative estimate of drug-likeness (QED) is 0.0452. The second kappa shape index (κ2) is 41.6. The molecule has 123 heavy (non-hydrogen) atoms. The maximum Gasteiger partial charge on any atom is 0.243 e. The van der Waals surface area contributed by atoms with Crippen LogP contribution in [0.4, 0.5) is 4.39 Å². The average molecular weight is 1690 g/mol. The lowest BCUT2D eigenvalue weighted by Gasteiger charge is -2.31. The lowest BCUT2D eigenvalue weighted by Crippen LogP contribution is -2.56. The highest BCUT2D eigenvalue weighted by atomic mass is 19.1. The van der Waals surface area contributed by atoms with Gasteiger partial charge in [-0.05, 0) is 255 Å². The van der Waals surface area contributed by atoms with Crippen LogP contribution in [0.5, 0.6) is 17.2 Å². The number of aryl methyl sites for hydroxylation is 3. The van der Waals surface area contributed by atoms with Crippen molar-refractivity contribution in [3.05, 3.63) is 125 Å². The third-order valence-electron chi connectivity index (χ3n) is 28.2. The smallest absolute Gasteiger partial charge is 0.243 e. The number of halogens is 1. The molecule has 28 heteroatoms. The van der Waals surface area contributed by atoms with Crippen molar-refractivity contribution < 1.29 is 76.1 Å². The van der Waals surface area contributed by atoms with Crippen LogP contribution in [0.15, 0.2) is 97.1 Å². The van der Waals surface area contributed by atoms with Gasteiger partial charge in [-0.25, -0.2) is 4.39 Å². The molecule has 6 bridgehead atoms. The van der Waals surface area contributed by atoms with Crippen LogP contribution in [0.25, 0.3) is 0 Å². The number of nitrogens with one attached hydrogen (secondary N) is 9. The normalized spacial score (nSPS) is 29.4. The highest BCUT2D eigenvalue weighted by Gasteiger charge is 2.54. The number of nitrogens with zero attached hydrogens (tertiary/aromatic N) is 3. The number of amides is 12. The minimum Gasteiger partial charge on any atom is -0.494 e. The molecule has 9 N–H and O–H groups in total. The number of hydrogen-bond donors (Lipinski definition) is 9. The van der Waals surface area contributed by atoms with Gasteiger partial charge in [-0.2, -0.15) is 0 Å². The lowest BCUT2D eigenvalue weighted by molar-refractivity contribution is -0.138. The minimum atomic E-state index is -1.41. The van der Waals surface area contributed by atoms with Crippen molar-refractivity contribution >= 4 is 70.9 Å². The first-order valence-electron chi connectivity index (χ1n) is 46.2. The predicted molar refractivity (Wildman–Crippen MR) is 455 cm³/mol. The van der Waals surface area contributed by atoms with Crippen molar-refractivity contribution in [1.82, 2.24) is 62.6 Å². The number of carbonyl (C=O) groups is 12. The van der Waals surface area contributed by atoms with E-state index in [2.05, 4.69) is 47.9 Å². The van der Waals surface area contributed by atoms with Crippen molar-refractivity contribution in [2.45, 2.75) is 291 Å². The Kier molecular flexibility index (Phi) is 29.6. The summed E-state index contributed by atoms with van der Waals surface area (Å²) in [5, 5.41) is 27.2. The second-order valence-electron chi connectivity index (χ2n) is 36.9. The van der Waals surface area contributed by atoms with Gasteiger partial charge in [0.05, 0.1) is 39.1 Å². The number of fused-ring (bicyclic) bond motifs is 6. The monoisotopic (exact) mass is 1690 g/mol. The molecule has 4 aromatic rings. The third-order valence-corrected chi connectivity index (χ3v) is 28.2. The fourth-order valence-corrected chi connectivity index (χ4v) is 21.2. The van der Waals surface area contributed by atoms with E-state index in [1.54, 1.807) is 18.2 Å². The van der Waals surface area contributed by atoms with E-state index in [-0.39, 0.29) is 172 Å². The lowest BCUT2D eigenvalue weighted by atomic mass is 9.88. The Bertz CT molecular complexity index is 4460. The standard InChI is InChI=1S/C95H125FN12O15/c96-74-26-6-1-18-64(74)57-97-90(115)76-50-62(39-45-122-68-24-10-16-59(48-68)32-37-85(110)101-79(94(119)104-76)54-87(112)106-41-12-28-81(106)61-34-35-61)70-52-72(70)82-29-13-43-108(82)89(114)56-80-95(120)105-77(92(117)99-66-21-4-5-22-66)51-63(40-46-123-69-25-11-17-60(49-69)33-38-86(111)102-80)71-53-73(71)83-30-14-42-107(83)88(113)55-78-93(118)103-75(91(116)98-65-19-2-3-20-65)27-7-8-44-121-67-23-9-15-58(47-67)31-36-84(109)100-78/h1,6,9-11,15-18,23-26,47-49,61-63,65-66,70-73,75-83H,2-5,7-8,12-14,19-22,27-46,50-57H2,(H,97,115)(H,98,116)(H,99,117)(H,100,109)(H,101,110)(H,102,111)(H,103,118)(H,104,119)(H,105,120)/t62?,63?,70?,71?,72?,73?,75-,76-,77-,78-,79-,80-,81?,82?,83?/m0/s1. The molecule has 15 atom stereocenters. The summed E-state index contributed by atoms with van der Waals surface area (Å²) < 4.78 is 34.3. The minimum absolute atomic E-state index is 0.00639. The van der Waals surface area contributed by atoms with Crippen LogP contribution in [-0.4, -0.2) is 192 Å². The maximum atomic E-state index is 15.6. The van der Waals surface area contributed by atoms with E-state index in [1.807, 2.05) is 87.5 Å². The van der Waals surface area contributed by atoms with E-state index >= 15 is 28.4 Å². The summed E-state index contributed by atoms with van der Waals surface area (Å²) >= 11 is 0. The molecule has 5 aliphatic carbocycles. The van der Waals surface area contributed by atoms with E-state index < -0.39 is 89.8 Å². The third kappa shape index (κ3) is 23.9. The molecule has 4 aromatic carbocycles. The van der Waals surface area contributed by atoms with E-state index in [9.17, 15) is 33.6 Å². The van der Waals surface area contributed by atoms with Crippen LogP contribution in [0.2, 0.25) is 0 Å². The van der Waals surface area contributed by atoms with Crippen LogP contribution >= 0.6 is 0 Å². The maximum absolute atomic E-state index is 15.6. The molecule has 27 nitrogen and oxygen atoms in total. The van der Waals surface area contributed by atoms with Crippen molar-refractivity contribution in [3.8, 4) is 17.2 Å². The van der Waals surface area contributed by atoms with E-state index in [4.69, 9.17) is 14.2 Å². The molecule has 3 saturated heterocycles. The van der Waals surface area contributed by atoms with E-state index in [0.29, 0.717) is 133 Å². The number of rotatable bonds is 18. The highest BCUT2D eigenvalue weighted by Crippen LogP contribution is 2.54. The summed E-state index contributed by atoms with van der Waals surface area (Å²) in [6.07, 6.45) is 17.3. The van der Waals surface area contributed by atoms with Crippen LogP contribution in [0, 0.1) is 47.2 Å². The number of hydrogen-bond acceptors (Lipinski definition) is 15. The van der Waals surface area contributed by atoms with Gasteiger partial charge in [-0.1, -0.05) is 80.3 Å². The van der Waals surface area contributed by atoms with Gasteiger partial charge in [-0.15, -0.1) is 0 Å². The Morgan fingerprint density at radius 1 is 0.366 bits per heavy atom. The van der Waals surface area contributed by atoms with Crippen LogP contribution < -0.4 is 62.1 Å². The number of carbonyl (C=O) groups excluding carboxylic acids is 12. The SMILES string of the molecule is O=C1CCc2cccc(c2)OCCC(C2CC2C2CCCN2C(=O)C[C@@H]2NC(=O)CCc3cccc(c3)OCCC(C3CC3C3CCCN3C(=O)C[C@@H]3NC(=O)CCc4cccc(c4)OCCCC[C@@H](C(=O)NC4CCCC4)NC3=O)C[C@@H](C(=O)NC3CCCC3)NC2=O)C[C@@H](C(=O)NCc2ccccc2F)NC(=O)[C@H](CC(=O)N2CCCC2C2CC2)N1. The van der Waals surface area contributed by atoms with Crippen LogP contribution in [0.1, 0.15) is 221 Å². The molecule has 0 radical (unpaired) electrons. The van der Waals surface area contributed by atoms with Gasteiger partial charge in [0.15, 0.2) is 0 Å². The molecular formula is C95H125FN12O15. The van der Waals surface area contributed by atoms with E-state index in [1.165, 1.54) is 6.07 Å². The van der Waals surface area contributed by atoms with Gasteiger partial charge in [0.25, 0.3) is 0 Å². The number of ether oxygens (including phenoxy) is 3. The predicted octanol–water partition coefficient (Wildman–Crippen LogP) is 8.33. The Morgan fingerprint density at radius 3 is 1.21 bits per heavy atom. The molecule has 0 spiro atoms. The molecular weight excluding hydrogens is 1570 g/mol. The largest absolute Gasteiger partial charge is 0.494 e. The van der Waals surface area contributed by atoms with Crippen LogP contribution in [0.3, 0.4) is 0 Å². The zero-order valence-corrected chi connectivity index (χ0v) is 71.0. The summed E-state index contributed by atoms with van der Waals surface area (Å²) in [5.74, 6) is -4.74. The molecule has 5 saturated carbocycles. The van der Waals surface area contributed by atoms with Crippen LogP contribution in [-0.2, 0) is 83.3 Å². The van der Waals surface area contributed by atoms with Crippen molar-refractivity contribution in [1.29, 1.82) is 0 Å². The Hall–Kier alpha value is -10.2. The zero-order valence-electron chi connectivity index (χ0n) is 71.0. The molecule has 6 heterocycles. The van der Waals surface area contributed by atoms with Crippen molar-refractivity contribution in [2.75, 3.05) is 39.5 Å². The highest BCUT2D eigenvalue weighted by molar-refractivity contribution is 5.98. The molecule has 6 aliphatic heterocycles. The molecule has 12 amide bonds. The van der Waals surface area contributed by atoms with E-state index in [0.717, 1.165) is 93.7 Å². The van der Waals surface area contributed by atoms with Gasteiger partial charge in [-0.3, -0.25) is 57.5 Å². The van der Waals surface area contributed by atoms with Gasteiger partial charge in [0, 0.05) is 81.2 Å². The van der Waals surface area contributed by atoms with Gasteiger partial charge in [0.1, 0.15) is 59.3 Å². The Morgan fingerprint density at radius 2 is 0.764 bits per heavy atom. The number of benzene rings is 4. The average Bonchev–Trinajstić information content (AvgIpc) is 1.61. The first-order chi connectivity index (χ1) is 59.7. The van der Waals surface area contributed by atoms with Gasteiger partial charge in [0.2, 0.25) is 70.9 Å². The molecule has 8 fully saturated rings. The molecule has 9 unspecified atom stereocenters. The topological polar surface area (TPSA) is 351 Å². The molecule has 11 aliphatic rings. The summed E-state index contributed by atoms with van der Waals surface area (Å²) in [5.41, 5.74) is 2.77. The summed E-state index contributed by atoms with van der Waals surface area (Å²) in [7, 11) is 0. The molecule has 15 rings (SSSR count). The Balaban J connectivity index is 0.658. The van der Waals surface area contributed by atoms with Crippen molar-refractivity contribution in [3.63, 3.8) is 0 Å². The fourth-order valence-electron chi connectivity index (χ4n) is 21.2. The van der Waals surface area contributed by atoms with Crippen molar-refractivity contribution in [2.24, 2.45) is 41.4 Å². The first-order valence-corrected chi connectivity index (χ1v) is 46.2. The fraction of sp³-hybridized carbons (Fsp3) is 0.621. The molecule has 662 valence electrons. The zero-order chi connectivity index (χ0) is 85.5.